The Morgan fingerprint density at radius 3 is 2.57 bits per heavy atom. The quantitative estimate of drug-likeness (QED) is 0.430. The van der Waals surface area contributed by atoms with Crippen LogP contribution in [0.1, 0.15) is 24.3 Å². The number of nitrogens with one attached hydrogen (secondary N) is 2. The minimum atomic E-state index is -0.456. The maximum Gasteiger partial charge on any atom is 0.276 e. The van der Waals surface area contributed by atoms with E-state index >= 15 is 0 Å². The molecule has 0 spiro atoms. The molecule has 1 heterocycles. The minimum Gasteiger partial charge on any atom is -0.482 e. The van der Waals surface area contributed by atoms with Gasteiger partial charge in [-0.2, -0.15) is 0 Å². The van der Waals surface area contributed by atoms with E-state index in [0.717, 1.165) is 23.4 Å². The van der Waals surface area contributed by atoms with Crippen LogP contribution in [-0.4, -0.2) is 23.4 Å². The van der Waals surface area contributed by atoms with Crippen LogP contribution in [0.2, 0.25) is 5.02 Å². The van der Waals surface area contributed by atoms with E-state index in [9.17, 15) is 9.59 Å². The number of hydrazine groups is 1. The number of amides is 2. The van der Waals surface area contributed by atoms with Gasteiger partial charge in [-0.05, 0) is 43.5 Å². The fourth-order valence-corrected chi connectivity index (χ4v) is 3.73. The first-order valence-corrected chi connectivity index (χ1v) is 10.1. The third kappa shape index (κ3) is 5.94. The molecule has 0 aliphatic carbocycles. The van der Waals surface area contributed by atoms with Gasteiger partial charge in [-0.15, -0.1) is 11.3 Å². The molecule has 2 N–H and O–H groups in total. The van der Waals surface area contributed by atoms with Crippen LogP contribution >= 0.6 is 22.9 Å². The Bertz CT molecular complexity index is 928. The molecule has 0 fully saturated rings. The lowest BCUT2D eigenvalue weighted by atomic mass is 10.2. The van der Waals surface area contributed by atoms with E-state index < -0.39 is 5.91 Å². The molecule has 2 aromatic carbocycles. The number of nitrogens with zero attached hydrogens (tertiary/aromatic N) is 1. The number of thiazole rings is 1. The second-order valence-corrected chi connectivity index (χ2v) is 7.62. The van der Waals surface area contributed by atoms with Gasteiger partial charge in [0.05, 0.1) is 20.2 Å². The largest absolute Gasteiger partial charge is 0.482 e. The van der Waals surface area contributed by atoms with Crippen molar-refractivity contribution in [2.75, 3.05) is 6.61 Å². The first kappa shape index (κ1) is 20.1. The average molecular weight is 418 g/mol. The first-order chi connectivity index (χ1) is 13.6. The summed E-state index contributed by atoms with van der Waals surface area (Å²) < 4.78 is 6.48. The van der Waals surface area contributed by atoms with Crippen molar-refractivity contribution < 1.29 is 14.3 Å². The summed E-state index contributed by atoms with van der Waals surface area (Å²) >= 11 is 7.63. The molecule has 0 aliphatic rings. The molecule has 1 aromatic heterocycles. The van der Waals surface area contributed by atoms with Gasteiger partial charge in [0.15, 0.2) is 6.61 Å². The Labute approximate surface area is 171 Å². The van der Waals surface area contributed by atoms with Crippen LogP contribution in [0.15, 0.2) is 48.5 Å². The van der Waals surface area contributed by atoms with Crippen LogP contribution in [0.5, 0.6) is 5.75 Å². The van der Waals surface area contributed by atoms with Gasteiger partial charge < -0.3 is 4.74 Å². The monoisotopic (exact) mass is 417 g/mol. The van der Waals surface area contributed by atoms with E-state index in [1.807, 2.05) is 18.2 Å². The number of halogens is 1. The predicted octanol–water partition coefficient (Wildman–Crippen LogP) is 3.89. The summed E-state index contributed by atoms with van der Waals surface area (Å²) in [5, 5.41) is 1.50. The summed E-state index contributed by atoms with van der Waals surface area (Å²) in [6, 6.07) is 14.9. The van der Waals surface area contributed by atoms with Crippen molar-refractivity contribution in [3.8, 4) is 5.75 Å². The Morgan fingerprint density at radius 2 is 1.75 bits per heavy atom. The van der Waals surface area contributed by atoms with Crippen molar-refractivity contribution in [1.29, 1.82) is 0 Å². The molecule has 0 atom stereocenters. The summed E-state index contributed by atoms with van der Waals surface area (Å²) in [6.45, 7) is -0.235. The molecule has 3 aromatic rings. The third-order valence-corrected chi connectivity index (χ3v) is 5.33. The van der Waals surface area contributed by atoms with E-state index in [1.165, 1.54) is 4.70 Å². The molecule has 8 heteroatoms. The second kappa shape index (κ2) is 10.1. The van der Waals surface area contributed by atoms with Crippen LogP contribution < -0.4 is 15.6 Å². The molecule has 0 saturated heterocycles. The van der Waals surface area contributed by atoms with E-state index in [0.29, 0.717) is 23.6 Å². The zero-order chi connectivity index (χ0) is 19.8. The third-order valence-electron chi connectivity index (χ3n) is 3.92. The van der Waals surface area contributed by atoms with Gasteiger partial charge in [0.25, 0.3) is 5.91 Å². The molecule has 0 unspecified atom stereocenters. The lowest BCUT2D eigenvalue weighted by Gasteiger charge is -2.09. The fourth-order valence-electron chi connectivity index (χ4n) is 2.53. The van der Waals surface area contributed by atoms with Gasteiger partial charge in [-0.3, -0.25) is 20.4 Å². The molecule has 6 nitrogen and oxygen atoms in total. The molecule has 3 rings (SSSR count). The zero-order valence-electron chi connectivity index (χ0n) is 15.1. The maximum absolute atomic E-state index is 11.8. The van der Waals surface area contributed by atoms with Crippen molar-refractivity contribution in [3.63, 3.8) is 0 Å². The first-order valence-electron chi connectivity index (χ1n) is 8.91. The van der Waals surface area contributed by atoms with Crippen LogP contribution in [-0.2, 0) is 16.0 Å². The van der Waals surface area contributed by atoms with Gasteiger partial charge >= 0.3 is 0 Å². The van der Waals surface area contributed by atoms with Gasteiger partial charge in [-0.1, -0.05) is 35.9 Å². The number of carbonyl (C=O) groups excluding carboxylic acids is 2. The Morgan fingerprint density at radius 1 is 1.00 bits per heavy atom. The normalized spacial score (nSPS) is 10.6. The number of unbranched alkanes of at least 4 members (excludes halogenated alkanes) is 1. The number of rotatable bonds is 8. The van der Waals surface area contributed by atoms with Gasteiger partial charge in [0.1, 0.15) is 5.75 Å². The summed E-state index contributed by atoms with van der Waals surface area (Å²) in [5.41, 5.74) is 5.74. The van der Waals surface area contributed by atoms with Crippen LogP contribution in [0.25, 0.3) is 10.2 Å². The topological polar surface area (TPSA) is 80.3 Å². The molecular formula is C20H20ClN3O3S. The highest BCUT2D eigenvalue weighted by atomic mass is 35.5. The number of para-hydroxylation sites is 2. The fraction of sp³-hybridized carbons (Fsp3) is 0.250. The average Bonchev–Trinajstić information content (AvgIpc) is 3.12. The highest BCUT2D eigenvalue weighted by Crippen LogP contribution is 2.23. The number of hydrogen-bond donors (Lipinski definition) is 2. The second-order valence-electron chi connectivity index (χ2n) is 6.10. The number of hydrogen-bond acceptors (Lipinski definition) is 5. The number of aryl methyl sites for hydroxylation is 1. The zero-order valence-corrected chi connectivity index (χ0v) is 16.7. The van der Waals surface area contributed by atoms with E-state index in [4.69, 9.17) is 16.3 Å². The molecule has 28 heavy (non-hydrogen) atoms. The molecule has 146 valence electrons. The highest BCUT2D eigenvalue weighted by molar-refractivity contribution is 7.18. The lowest BCUT2D eigenvalue weighted by molar-refractivity contribution is -0.130. The molecule has 0 radical (unpaired) electrons. The number of carbonyl (C=O) groups is 2. The van der Waals surface area contributed by atoms with E-state index in [1.54, 1.807) is 35.6 Å². The molecule has 0 saturated carbocycles. The van der Waals surface area contributed by atoms with E-state index in [2.05, 4.69) is 21.9 Å². The highest BCUT2D eigenvalue weighted by Gasteiger charge is 2.08. The number of ether oxygens (including phenoxy) is 1. The lowest BCUT2D eigenvalue weighted by Crippen LogP contribution is -2.43. The van der Waals surface area contributed by atoms with Crippen molar-refractivity contribution >= 4 is 45.0 Å². The smallest absolute Gasteiger partial charge is 0.276 e. The summed E-state index contributed by atoms with van der Waals surface area (Å²) in [4.78, 5) is 28.1. The molecule has 2 amide bonds. The number of aromatic nitrogens is 1. The van der Waals surface area contributed by atoms with Gasteiger partial charge in [0, 0.05) is 6.42 Å². The van der Waals surface area contributed by atoms with Crippen molar-refractivity contribution in [2.45, 2.75) is 25.7 Å². The van der Waals surface area contributed by atoms with Crippen molar-refractivity contribution in [1.82, 2.24) is 15.8 Å². The summed E-state index contributed by atoms with van der Waals surface area (Å²) in [7, 11) is 0. The summed E-state index contributed by atoms with van der Waals surface area (Å²) in [6.07, 6.45) is 2.74. The number of benzene rings is 2. The molecular weight excluding hydrogens is 398 g/mol. The van der Waals surface area contributed by atoms with Crippen LogP contribution in [0.3, 0.4) is 0 Å². The standard InChI is InChI=1S/C20H20ClN3O3S/c21-14-7-1-3-9-16(14)27-13-19(26)24-23-18(25)11-5-6-12-20-22-15-8-2-4-10-17(15)28-20/h1-4,7-10H,5-6,11-13H2,(H,23,25)(H,24,26). The Balaban J connectivity index is 1.30. The molecule has 0 bridgehead atoms. The van der Waals surface area contributed by atoms with Gasteiger partial charge in [0.2, 0.25) is 5.91 Å². The van der Waals surface area contributed by atoms with Crippen LogP contribution in [0, 0.1) is 0 Å². The minimum absolute atomic E-state index is 0.235. The van der Waals surface area contributed by atoms with Crippen LogP contribution in [0.4, 0.5) is 0 Å². The van der Waals surface area contributed by atoms with Crippen molar-refractivity contribution in [3.05, 3.63) is 58.6 Å². The predicted molar refractivity (Wildman–Crippen MR) is 110 cm³/mol. The maximum atomic E-state index is 11.8. The Hall–Kier alpha value is -2.64. The molecule has 0 aliphatic heterocycles. The van der Waals surface area contributed by atoms with Gasteiger partial charge in [-0.25, -0.2) is 4.98 Å². The van der Waals surface area contributed by atoms with Crippen molar-refractivity contribution in [2.24, 2.45) is 0 Å². The van der Waals surface area contributed by atoms with E-state index in [-0.39, 0.29) is 12.5 Å². The Kier molecular flexibility index (Phi) is 7.22. The summed E-state index contributed by atoms with van der Waals surface area (Å²) in [5.74, 6) is -0.279. The number of fused-ring (bicyclic) bond motifs is 1. The SMILES string of the molecule is O=C(CCCCc1nc2ccccc2s1)NNC(=O)COc1ccccc1Cl.